The molecule has 8 heteroatoms. The number of aromatic nitrogens is 2. The summed E-state index contributed by atoms with van der Waals surface area (Å²) < 4.78 is 27.7. The van der Waals surface area contributed by atoms with Gasteiger partial charge in [-0.05, 0) is 26.0 Å². The molecule has 1 fully saturated rings. The summed E-state index contributed by atoms with van der Waals surface area (Å²) in [6.45, 7) is 2.39. The molecule has 0 amide bonds. The second-order valence-electron chi connectivity index (χ2n) is 5.61. The van der Waals surface area contributed by atoms with E-state index in [-0.39, 0.29) is 16.3 Å². The van der Waals surface area contributed by atoms with Crippen LogP contribution in [0, 0.1) is 6.92 Å². The van der Waals surface area contributed by atoms with Crippen molar-refractivity contribution in [3.05, 3.63) is 11.3 Å². The number of sulfonamides is 1. The summed E-state index contributed by atoms with van der Waals surface area (Å²) in [5, 5.41) is 6.65. The van der Waals surface area contributed by atoms with Gasteiger partial charge in [0.2, 0.25) is 0 Å². The number of hydrogen-bond acceptors (Lipinski definition) is 5. The Kier molecular flexibility index (Phi) is 5.34. The summed E-state index contributed by atoms with van der Waals surface area (Å²) in [4.78, 5) is 0. The van der Waals surface area contributed by atoms with Gasteiger partial charge in [0.05, 0.1) is 0 Å². The lowest BCUT2D eigenvalue weighted by Gasteiger charge is -2.35. The normalized spacial score (nSPS) is 18.8. The molecule has 4 N–H and O–H groups in total. The van der Waals surface area contributed by atoms with Gasteiger partial charge in [0.15, 0.2) is 5.03 Å². The maximum Gasteiger partial charge on any atom is 0.260 e. The lowest BCUT2D eigenvalue weighted by atomic mass is 9.88. The van der Waals surface area contributed by atoms with Crippen LogP contribution in [0.2, 0.25) is 0 Å². The highest BCUT2D eigenvalue weighted by Crippen LogP contribution is 2.38. The maximum atomic E-state index is 12.5. The van der Waals surface area contributed by atoms with E-state index >= 15 is 0 Å². The summed E-state index contributed by atoms with van der Waals surface area (Å²) in [6.07, 6.45) is 7.74. The summed E-state index contributed by atoms with van der Waals surface area (Å²) in [7, 11) is -3.62. The Morgan fingerprint density at radius 3 is 2.62 bits per heavy atom. The van der Waals surface area contributed by atoms with Crippen LogP contribution in [-0.2, 0) is 16.6 Å². The number of nitrogens with zero attached hydrogens (tertiary/aromatic N) is 1. The van der Waals surface area contributed by atoms with Crippen molar-refractivity contribution in [2.75, 3.05) is 12.8 Å². The lowest BCUT2D eigenvalue weighted by Crippen LogP contribution is -2.42. The van der Waals surface area contributed by atoms with E-state index in [1.54, 1.807) is 18.7 Å². The van der Waals surface area contributed by atoms with Crippen molar-refractivity contribution in [3.63, 3.8) is 0 Å². The lowest BCUT2D eigenvalue weighted by molar-refractivity contribution is 0.394. The highest BCUT2D eigenvalue weighted by molar-refractivity contribution is 8.00. The molecule has 0 atom stereocenters. The Hall–Kier alpha value is -0.570. The molecule has 1 aromatic rings. The van der Waals surface area contributed by atoms with E-state index < -0.39 is 10.0 Å². The molecular formula is C13H24N4O2S2. The average Bonchev–Trinajstić information content (AvgIpc) is 2.88. The number of H-pyrrole nitrogens is 1. The molecule has 21 heavy (non-hydrogen) atoms. The van der Waals surface area contributed by atoms with Crippen molar-refractivity contribution in [2.45, 2.75) is 55.3 Å². The summed E-state index contributed by atoms with van der Waals surface area (Å²) in [5.41, 5.74) is 6.89. The highest BCUT2D eigenvalue weighted by atomic mass is 32.2. The summed E-state index contributed by atoms with van der Waals surface area (Å²) >= 11 is 1.76. The van der Waals surface area contributed by atoms with Crippen LogP contribution >= 0.6 is 11.8 Å². The molecule has 1 aliphatic rings. The zero-order chi connectivity index (χ0) is 15.5. The molecule has 1 saturated carbocycles. The summed E-state index contributed by atoms with van der Waals surface area (Å²) in [6, 6.07) is 0. The van der Waals surface area contributed by atoms with E-state index in [0.717, 1.165) is 25.7 Å². The zero-order valence-electron chi connectivity index (χ0n) is 12.6. The first kappa shape index (κ1) is 16.8. The number of aryl methyl sites for hydroxylation is 1. The molecule has 0 saturated heterocycles. The van der Waals surface area contributed by atoms with E-state index in [1.807, 2.05) is 0 Å². The minimum atomic E-state index is -3.62. The third-order valence-corrected chi connectivity index (χ3v) is 7.07. The van der Waals surface area contributed by atoms with Gasteiger partial charge in [0, 0.05) is 29.1 Å². The number of aromatic amines is 1. The highest BCUT2D eigenvalue weighted by Gasteiger charge is 2.33. The smallest absolute Gasteiger partial charge is 0.260 e. The van der Waals surface area contributed by atoms with E-state index in [4.69, 9.17) is 5.73 Å². The maximum absolute atomic E-state index is 12.5. The Morgan fingerprint density at radius 2 is 2.05 bits per heavy atom. The molecule has 0 spiro atoms. The number of hydrogen-bond donors (Lipinski definition) is 3. The first-order valence-corrected chi connectivity index (χ1v) is 9.94. The Labute approximate surface area is 130 Å². The van der Waals surface area contributed by atoms with Crippen LogP contribution in [0.25, 0.3) is 0 Å². The topological polar surface area (TPSA) is 101 Å². The molecule has 0 radical (unpaired) electrons. The molecule has 120 valence electrons. The van der Waals surface area contributed by atoms with Crippen LogP contribution in [0.1, 0.15) is 43.4 Å². The Morgan fingerprint density at radius 1 is 1.38 bits per heavy atom. The van der Waals surface area contributed by atoms with Crippen molar-refractivity contribution in [1.82, 2.24) is 14.9 Å². The van der Waals surface area contributed by atoms with E-state index in [2.05, 4.69) is 21.2 Å². The number of rotatable bonds is 6. The largest absolute Gasteiger partial charge is 0.326 e. The van der Waals surface area contributed by atoms with Crippen LogP contribution < -0.4 is 10.5 Å². The SMILES string of the molecule is CSC1(CNS(=O)(=O)c2n[nH]c(C)c2CN)CCCCC1. The van der Waals surface area contributed by atoms with Crippen LogP contribution in [0.5, 0.6) is 0 Å². The van der Waals surface area contributed by atoms with Crippen molar-refractivity contribution in [3.8, 4) is 0 Å². The fraction of sp³-hybridized carbons (Fsp3) is 0.769. The second-order valence-corrected chi connectivity index (χ2v) is 8.57. The van der Waals surface area contributed by atoms with Gasteiger partial charge >= 0.3 is 0 Å². The Balaban J connectivity index is 2.14. The van der Waals surface area contributed by atoms with E-state index in [1.165, 1.54) is 6.42 Å². The van der Waals surface area contributed by atoms with Crippen LogP contribution in [0.4, 0.5) is 0 Å². The van der Waals surface area contributed by atoms with Crippen molar-refractivity contribution >= 4 is 21.8 Å². The third kappa shape index (κ3) is 3.61. The van der Waals surface area contributed by atoms with Crippen LogP contribution in [0.3, 0.4) is 0 Å². The Bertz CT molecular complexity index is 577. The van der Waals surface area contributed by atoms with Crippen LogP contribution in [0.15, 0.2) is 5.03 Å². The van der Waals surface area contributed by atoms with Crippen molar-refractivity contribution in [1.29, 1.82) is 0 Å². The van der Waals surface area contributed by atoms with Crippen molar-refractivity contribution in [2.24, 2.45) is 5.73 Å². The van der Waals surface area contributed by atoms with Crippen LogP contribution in [-0.4, -0.2) is 36.2 Å². The molecule has 0 unspecified atom stereocenters. The van der Waals surface area contributed by atoms with E-state index in [0.29, 0.717) is 17.8 Å². The van der Waals surface area contributed by atoms with Gasteiger partial charge in [-0.25, -0.2) is 13.1 Å². The predicted molar refractivity (Wildman–Crippen MR) is 85.7 cm³/mol. The second kappa shape index (κ2) is 6.68. The quantitative estimate of drug-likeness (QED) is 0.733. The standard InChI is InChI=1S/C13H24N4O2S2/c1-10-11(8-14)12(17-16-10)21(18,19)15-9-13(20-2)6-4-3-5-7-13/h15H,3-9,14H2,1-2H3,(H,16,17). The van der Waals surface area contributed by atoms with E-state index in [9.17, 15) is 8.42 Å². The molecule has 0 aliphatic heterocycles. The molecule has 6 nitrogen and oxygen atoms in total. The van der Waals surface area contributed by atoms with Gasteiger partial charge in [-0.3, -0.25) is 5.10 Å². The average molecular weight is 332 g/mol. The minimum absolute atomic E-state index is 0.0134. The molecule has 0 aromatic carbocycles. The first-order chi connectivity index (χ1) is 9.94. The van der Waals surface area contributed by atoms with Gasteiger partial charge in [-0.1, -0.05) is 19.3 Å². The van der Waals surface area contributed by atoms with Gasteiger partial charge in [-0.15, -0.1) is 0 Å². The number of thioether (sulfide) groups is 1. The fourth-order valence-electron chi connectivity index (χ4n) is 2.84. The van der Waals surface area contributed by atoms with Gasteiger partial charge < -0.3 is 5.73 Å². The predicted octanol–water partition coefficient (Wildman–Crippen LogP) is 1.52. The van der Waals surface area contributed by atoms with Gasteiger partial charge in [0.25, 0.3) is 10.0 Å². The first-order valence-electron chi connectivity index (χ1n) is 7.23. The van der Waals surface area contributed by atoms with Gasteiger partial charge in [0.1, 0.15) is 0 Å². The molecule has 1 aromatic heterocycles. The monoisotopic (exact) mass is 332 g/mol. The minimum Gasteiger partial charge on any atom is -0.326 e. The fourth-order valence-corrected chi connectivity index (χ4v) is 5.17. The molecule has 1 aliphatic carbocycles. The number of nitrogens with one attached hydrogen (secondary N) is 2. The molecule has 2 rings (SSSR count). The molecule has 0 bridgehead atoms. The van der Waals surface area contributed by atoms with Gasteiger partial charge in [-0.2, -0.15) is 16.9 Å². The number of nitrogens with two attached hydrogens (primary N) is 1. The molecule has 1 heterocycles. The third-order valence-electron chi connectivity index (χ3n) is 4.28. The molecular weight excluding hydrogens is 308 g/mol. The summed E-state index contributed by atoms with van der Waals surface area (Å²) in [5.74, 6) is 0. The zero-order valence-corrected chi connectivity index (χ0v) is 14.2. The van der Waals surface area contributed by atoms with Crippen molar-refractivity contribution < 1.29 is 8.42 Å².